The van der Waals surface area contributed by atoms with Gasteiger partial charge in [0.1, 0.15) is 28.0 Å². The van der Waals surface area contributed by atoms with Crippen molar-refractivity contribution in [2.24, 2.45) is 0 Å². The summed E-state index contributed by atoms with van der Waals surface area (Å²) in [5.41, 5.74) is 4.17. The Labute approximate surface area is 263 Å². The monoisotopic (exact) mass is 665 g/mol. The van der Waals surface area contributed by atoms with E-state index in [2.05, 4.69) is 48.3 Å². The fraction of sp³-hybridized carbons (Fsp3) is 0.323. The molecule has 5 rings (SSSR count). The molecule has 3 heterocycles. The molecule has 2 aromatic carbocycles. The van der Waals surface area contributed by atoms with E-state index in [9.17, 15) is 10.2 Å². The van der Waals surface area contributed by atoms with Gasteiger partial charge in [-0.1, -0.05) is 67.4 Å². The van der Waals surface area contributed by atoms with Crippen LogP contribution in [0.5, 0.6) is 5.75 Å². The van der Waals surface area contributed by atoms with Crippen LogP contribution in [0.4, 0.5) is 0 Å². The van der Waals surface area contributed by atoms with Gasteiger partial charge < -0.3 is 19.5 Å². The van der Waals surface area contributed by atoms with E-state index in [0.717, 1.165) is 40.9 Å². The van der Waals surface area contributed by atoms with E-state index in [1.54, 1.807) is 10.7 Å². The molecule has 0 fully saturated rings. The number of ether oxygens (including phenoxy) is 1. The lowest BCUT2D eigenvalue weighted by molar-refractivity contribution is 0.0159. The van der Waals surface area contributed by atoms with Gasteiger partial charge in [0.2, 0.25) is 0 Å². The lowest BCUT2D eigenvalue weighted by Crippen LogP contribution is -2.15. The summed E-state index contributed by atoms with van der Waals surface area (Å²) in [5.74, 6) is 1.17. The standard InChI is InChI=1S/C31H33BrClN7O3/c1-4-6-12-26-35-30(33)28(29(42)27-24(41)15-16-25(32)34-27)39(26)18-20-13-14-22(21-10-8-7-9-11-21)23(17-20)31-36-37-38-40(31)19(3)43-5-2/h7-11,13-17,19,29,41-42H,4-6,12,18H2,1-3H3. The first-order chi connectivity index (χ1) is 20.8. The van der Waals surface area contributed by atoms with Gasteiger partial charge in [-0.25, -0.2) is 9.97 Å². The van der Waals surface area contributed by atoms with Crippen LogP contribution in [0.1, 0.15) is 68.7 Å². The summed E-state index contributed by atoms with van der Waals surface area (Å²) in [4.78, 5) is 8.96. The molecule has 43 heavy (non-hydrogen) atoms. The third-order valence-corrected chi connectivity index (χ3v) is 7.90. The maximum atomic E-state index is 11.5. The quantitative estimate of drug-likeness (QED) is 0.140. The smallest absolute Gasteiger partial charge is 0.185 e. The van der Waals surface area contributed by atoms with Gasteiger partial charge in [0.15, 0.2) is 17.2 Å². The molecule has 0 saturated carbocycles. The SMILES string of the molecule is CCCCc1nc(Cl)c(C(O)c2nc(Br)ccc2O)n1Cc1ccc(-c2ccccc2)c(-c2nnnn2C(C)OCC)c1. The molecule has 2 unspecified atom stereocenters. The zero-order valence-electron chi connectivity index (χ0n) is 24.2. The number of aliphatic hydroxyl groups excluding tert-OH is 1. The largest absolute Gasteiger partial charge is 0.506 e. The highest BCUT2D eigenvalue weighted by molar-refractivity contribution is 9.10. The van der Waals surface area contributed by atoms with Crippen molar-refractivity contribution in [2.75, 3.05) is 6.61 Å². The van der Waals surface area contributed by atoms with E-state index >= 15 is 0 Å². The first-order valence-electron chi connectivity index (χ1n) is 14.2. The van der Waals surface area contributed by atoms with Gasteiger partial charge in [0, 0.05) is 25.1 Å². The molecule has 12 heteroatoms. The van der Waals surface area contributed by atoms with E-state index < -0.39 is 6.10 Å². The van der Waals surface area contributed by atoms with Crippen molar-refractivity contribution in [2.45, 2.75) is 58.9 Å². The Kier molecular flexibility index (Phi) is 9.86. The van der Waals surface area contributed by atoms with Crippen molar-refractivity contribution >= 4 is 27.5 Å². The van der Waals surface area contributed by atoms with Crippen LogP contribution in [0.2, 0.25) is 5.15 Å². The zero-order chi connectivity index (χ0) is 30.5. The molecule has 2 N–H and O–H groups in total. The molecule has 0 saturated heterocycles. The van der Waals surface area contributed by atoms with Gasteiger partial charge >= 0.3 is 0 Å². The summed E-state index contributed by atoms with van der Waals surface area (Å²) in [5, 5.41) is 34.8. The number of nitrogens with zero attached hydrogens (tertiary/aromatic N) is 7. The number of halogens is 2. The molecule has 0 aliphatic heterocycles. The maximum Gasteiger partial charge on any atom is 0.185 e. The minimum Gasteiger partial charge on any atom is -0.506 e. The van der Waals surface area contributed by atoms with Gasteiger partial charge in [-0.3, -0.25) is 0 Å². The Morgan fingerprint density at radius 3 is 2.56 bits per heavy atom. The highest BCUT2D eigenvalue weighted by Crippen LogP contribution is 2.36. The number of benzene rings is 2. The van der Waals surface area contributed by atoms with Crippen molar-refractivity contribution in [3.8, 4) is 28.3 Å². The van der Waals surface area contributed by atoms with Crippen LogP contribution in [-0.2, 0) is 17.7 Å². The van der Waals surface area contributed by atoms with Gasteiger partial charge in [-0.2, -0.15) is 4.68 Å². The molecule has 10 nitrogen and oxygen atoms in total. The number of imidazole rings is 1. The number of unbranched alkanes of at least 4 members (excludes halogenated alkanes) is 1. The Bertz CT molecular complexity index is 1690. The Morgan fingerprint density at radius 1 is 1.02 bits per heavy atom. The summed E-state index contributed by atoms with van der Waals surface area (Å²) in [6.45, 7) is 6.81. The second-order valence-corrected chi connectivity index (χ2v) is 11.3. The minimum absolute atomic E-state index is 0.0867. The molecular weight excluding hydrogens is 634 g/mol. The number of aliphatic hydroxyl groups is 1. The minimum atomic E-state index is -1.31. The van der Waals surface area contributed by atoms with Gasteiger partial charge in [0.05, 0.1) is 5.69 Å². The summed E-state index contributed by atoms with van der Waals surface area (Å²) in [7, 11) is 0. The van der Waals surface area contributed by atoms with Crippen LogP contribution >= 0.6 is 27.5 Å². The van der Waals surface area contributed by atoms with Crippen LogP contribution in [0, 0.1) is 0 Å². The number of hydrogen-bond donors (Lipinski definition) is 2. The molecule has 0 bridgehead atoms. The Morgan fingerprint density at radius 2 is 1.81 bits per heavy atom. The predicted octanol–water partition coefficient (Wildman–Crippen LogP) is 6.75. The fourth-order valence-corrected chi connectivity index (χ4v) is 5.70. The molecule has 224 valence electrons. The molecule has 0 amide bonds. The second kappa shape index (κ2) is 13.8. The number of pyridine rings is 1. The van der Waals surface area contributed by atoms with Crippen LogP contribution in [0.25, 0.3) is 22.5 Å². The summed E-state index contributed by atoms with van der Waals surface area (Å²) in [6, 6.07) is 19.3. The van der Waals surface area contributed by atoms with Crippen molar-refractivity contribution in [3.05, 3.63) is 93.2 Å². The highest BCUT2D eigenvalue weighted by Gasteiger charge is 2.27. The average molecular weight is 667 g/mol. The van der Waals surface area contributed by atoms with Gasteiger partial charge in [-0.05, 0) is 81.5 Å². The number of aryl methyl sites for hydroxylation is 1. The molecule has 0 spiro atoms. The number of rotatable bonds is 12. The Balaban J connectivity index is 1.63. The van der Waals surface area contributed by atoms with Crippen LogP contribution in [-0.4, -0.2) is 51.6 Å². The van der Waals surface area contributed by atoms with Gasteiger partial charge in [-0.15, -0.1) is 5.10 Å². The van der Waals surface area contributed by atoms with Gasteiger partial charge in [0.25, 0.3) is 0 Å². The highest BCUT2D eigenvalue weighted by atomic mass is 79.9. The third-order valence-electron chi connectivity index (χ3n) is 7.18. The Hall–Kier alpha value is -3.64. The van der Waals surface area contributed by atoms with E-state index in [1.165, 1.54) is 6.07 Å². The van der Waals surface area contributed by atoms with Crippen molar-refractivity contribution in [3.63, 3.8) is 0 Å². The number of aromatic hydroxyl groups is 1. The average Bonchev–Trinajstić information content (AvgIpc) is 3.62. The molecule has 0 aliphatic rings. The second-order valence-electron chi connectivity index (χ2n) is 10.1. The van der Waals surface area contributed by atoms with E-state index in [4.69, 9.17) is 16.3 Å². The molecule has 3 aromatic heterocycles. The lowest BCUT2D eigenvalue weighted by Gasteiger charge is -2.19. The van der Waals surface area contributed by atoms with Crippen LogP contribution in [0.15, 0.2) is 65.3 Å². The van der Waals surface area contributed by atoms with Crippen LogP contribution in [0.3, 0.4) is 0 Å². The summed E-state index contributed by atoms with van der Waals surface area (Å²) >= 11 is 10.0. The molecule has 0 radical (unpaired) electrons. The third kappa shape index (κ3) is 6.65. The summed E-state index contributed by atoms with van der Waals surface area (Å²) < 4.78 is 9.88. The lowest BCUT2D eigenvalue weighted by atomic mass is 9.96. The first-order valence-corrected chi connectivity index (χ1v) is 15.4. The van der Waals surface area contributed by atoms with Crippen molar-refractivity contribution in [1.29, 1.82) is 0 Å². The van der Waals surface area contributed by atoms with E-state index in [1.807, 2.05) is 66.9 Å². The van der Waals surface area contributed by atoms with Crippen molar-refractivity contribution < 1.29 is 14.9 Å². The van der Waals surface area contributed by atoms with Crippen molar-refractivity contribution in [1.82, 2.24) is 34.7 Å². The fourth-order valence-electron chi connectivity index (χ4n) is 5.07. The maximum absolute atomic E-state index is 11.5. The molecule has 0 aliphatic carbocycles. The van der Waals surface area contributed by atoms with E-state index in [-0.39, 0.29) is 22.8 Å². The zero-order valence-corrected chi connectivity index (χ0v) is 26.5. The van der Waals surface area contributed by atoms with E-state index in [0.29, 0.717) is 35.7 Å². The molecule has 5 aromatic rings. The number of aromatic nitrogens is 7. The normalized spacial score (nSPS) is 12.9. The number of tetrazole rings is 1. The summed E-state index contributed by atoms with van der Waals surface area (Å²) in [6.07, 6.45) is 0.844. The predicted molar refractivity (Wildman–Crippen MR) is 168 cm³/mol. The number of hydrogen-bond acceptors (Lipinski definition) is 8. The topological polar surface area (TPSA) is 124 Å². The molecule has 2 atom stereocenters. The molecular formula is C31H33BrClN7O3. The van der Waals surface area contributed by atoms with Crippen LogP contribution < -0.4 is 0 Å². The first kappa shape index (κ1) is 30.8.